The Morgan fingerprint density at radius 1 is 1.43 bits per heavy atom. The van der Waals surface area contributed by atoms with Crippen LogP contribution in [0.4, 0.5) is 0 Å². The zero-order chi connectivity index (χ0) is 15.2. The van der Waals surface area contributed by atoms with Crippen molar-refractivity contribution in [3.8, 4) is 5.69 Å². The highest BCUT2D eigenvalue weighted by molar-refractivity contribution is 5.90. The average molecular weight is 287 g/mol. The van der Waals surface area contributed by atoms with Crippen molar-refractivity contribution >= 4 is 12.3 Å². The summed E-state index contributed by atoms with van der Waals surface area (Å²) in [6, 6.07) is 6.89. The highest BCUT2D eigenvalue weighted by atomic mass is 16.5. The van der Waals surface area contributed by atoms with E-state index in [4.69, 9.17) is 4.74 Å². The van der Waals surface area contributed by atoms with Crippen LogP contribution in [0.2, 0.25) is 0 Å². The molecule has 2 aromatic rings. The number of benzene rings is 1. The number of nitrogens with zero attached hydrogens (tertiary/aromatic N) is 3. The zero-order valence-electron chi connectivity index (χ0n) is 12.1. The monoisotopic (exact) mass is 287 g/mol. The lowest BCUT2D eigenvalue weighted by molar-refractivity contribution is 0.0499. The minimum absolute atomic E-state index is 0.283. The van der Waals surface area contributed by atoms with E-state index in [1.807, 2.05) is 6.92 Å². The van der Waals surface area contributed by atoms with Gasteiger partial charge in [0.2, 0.25) is 0 Å². The Hall–Kier alpha value is -2.50. The fourth-order valence-corrected chi connectivity index (χ4v) is 1.85. The van der Waals surface area contributed by atoms with Gasteiger partial charge in [0.05, 0.1) is 23.6 Å². The van der Waals surface area contributed by atoms with Crippen molar-refractivity contribution in [1.29, 1.82) is 0 Å². The summed E-state index contributed by atoms with van der Waals surface area (Å²) < 4.78 is 6.70. The Balaban J connectivity index is 2.23. The summed E-state index contributed by atoms with van der Waals surface area (Å²) >= 11 is 0. The second-order valence-electron chi connectivity index (χ2n) is 4.63. The van der Waals surface area contributed by atoms with E-state index >= 15 is 0 Å². The van der Waals surface area contributed by atoms with Gasteiger partial charge < -0.3 is 4.74 Å². The topological polar surface area (TPSA) is 74.1 Å². The molecule has 0 amide bonds. The van der Waals surface area contributed by atoms with Crippen LogP contribution in [-0.4, -0.2) is 33.9 Å². The predicted octanol–water partition coefficient (Wildman–Crippen LogP) is 2.35. The number of carbonyl (C=O) groups is 2. The molecule has 1 heterocycles. The number of carbonyl (C=O) groups excluding carboxylic acids is 2. The van der Waals surface area contributed by atoms with Crippen LogP contribution in [0.1, 0.15) is 46.3 Å². The molecule has 0 bridgehead atoms. The van der Waals surface area contributed by atoms with Crippen molar-refractivity contribution in [3.63, 3.8) is 0 Å². The van der Waals surface area contributed by atoms with E-state index < -0.39 is 0 Å². The van der Waals surface area contributed by atoms with Gasteiger partial charge in [-0.1, -0.05) is 24.6 Å². The number of unbranched alkanes of at least 4 members (excludes halogenated alkanes) is 1. The van der Waals surface area contributed by atoms with Gasteiger partial charge in [0.25, 0.3) is 0 Å². The maximum atomic E-state index is 11.9. The van der Waals surface area contributed by atoms with Crippen LogP contribution in [0.15, 0.2) is 24.3 Å². The summed E-state index contributed by atoms with van der Waals surface area (Å²) in [5.41, 5.74) is 2.02. The standard InChI is InChI=1S/C15H17N3O3/c1-3-4-8-21-15(20)12-6-5-7-13(9-12)18-11(2)14(10-19)16-17-18/h5-7,9-10H,3-4,8H2,1-2H3. The van der Waals surface area contributed by atoms with Crippen LogP contribution in [0.25, 0.3) is 5.69 Å². The van der Waals surface area contributed by atoms with Crippen molar-refractivity contribution in [1.82, 2.24) is 15.0 Å². The van der Waals surface area contributed by atoms with Crippen molar-refractivity contribution in [3.05, 3.63) is 41.2 Å². The maximum absolute atomic E-state index is 11.9. The van der Waals surface area contributed by atoms with E-state index in [2.05, 4.69) is 10.3 Å². The molecule has 0 aliphatic heterocycles. The minimum atomic E-state index is -0.362. The molecule has 110 valence electrons. The van der Waals surface area contributed by atoms with Gasteiger partial charge in [0.1, 0.15) is 5.69 Å². The minimum Gasteiger partial charge on any atom is -0.462 e. The van der Waals surface area contributed by atoms with Gasteiger partial charge >= 0.3 is 5.97 Å². The van der Waals surface area contributed by atoms with E-state index in [1.165, 1.54) is 4.68 Å². The second kappa shape index (κ2) is 6.78. The number of aldehydes is 1. The molecule has 1 aromatic heterocycles. The molecular weight excluding hydrogens is 270 g/mol. The molecule has 0 unspecified atom stereocenters. The Morgan fingerprint density at radius 2 is 2.24 bits per heavy atom. The van der Waals surface area contributed by atoms with Crippen molar-refractivity contribution in [2.45, 2.75) is 26.7 Å². The molecule has 0 aliphatic carbocycles. The lowest BCUT2D eigenvalue weighted by atomic mass is 10.2. The summed E-state index contributed by atoms with van der Waals surface area (Å²) in [4.78, 5) is 22.7. The molecule has 0 saturated heterocycles. The summed E-state index contributed by atoms with van der Waals surface area (Å²) in [6.45, 7) is 4.19. The SMILES string of the molecule is CCCCOC(=O)c1cccc(-n2nnc(C=O)c2C)c1. The van der Waals surface area contributed by atoms with E-state index in [0.29, 0.717) is 29.8 Å². The van der Waals surface area contributed by atoms with Gasteiger partial charge in [-0.05, 0) is 31.5 Å². The first-order valence-corrected chi connectivity index (χ1v) is 6.82. The molecule has 6 heteroatoms. The molecule has 0 spiro atoms. The summed E-state index contributed by atoms with van der Waals surface area (Å²) in [5, 5.41) is 7.69. The summed E-state index contributed by atoms with van der Waals surface area (Å²) in [7, 11) is 0. The Bertz CT molecular complexity index is 649. The number of aromatic nitrogens is 3. The van der Waals surface area contributed by atoms with E-state index in [9.17, 15) is 9.59 Å². The Labute approximate surface area is 122 Å². The lowest BCUT2D eigenvalue weighted by Gasteiger charge is -2.07. The fourth-order valence-electron chi connectivity index (χ4n) is 1.85. The van der Waals surface area contributed by atoms with E-state index in [0.717, 1.165) is 12.8 Å². The molecule has 2 rings (SSSR count). The molecule has 0 radical (unpaired) electrons. The maximum Gasteiger partial charge on any atom is 0.338 e. The van der Waals surface area contributed by atoms with Gasteiger partial charge in [-0.15, -0.1) is 5.10 Å². The molecular formula is C15H17N3O3. The third kappa shape index (κ3) is 3.34. The largest absolute Gasteiger partial charge is 0.462 e. The van der Waals surface area contributed by atoms with Gasteiger partial charge in [-0.2, -0.15) is 0 Å². The predicted molar refractivity (Wildman–Crippen MR) is 76.7 cm³/mol. The normalized spacial score (nSPS) is 10.4. The highest BCUT2D eigenvalue weighted by Gasteiger charge is 2.12. The first-order chi connectivity index (χ1) is 10.2. The fraction of sp³-hybridized carbons (Fsp3) is 0.333. The Morgan fingerprint density at radius 3 is 2.90 bits per heavy atom. The van der Waals surface area contributed by atoms with Crippen LogP contribution in [-0.2, 0) is 4.74 Å². The van der Waals surface area contributed by atoms with Gasteiger partial charge in [0.15, 0.2) is 6.29 Å². The van der Waals surface area contributed by atoms with Crippen molar-refractivity contribution in [2.24, 2.45) is 0 Å². The van der Waals surface area contributed by atoms with E-state index in [1.54, 1.807) is 31.2 Å². The second-order valence-corrected chi connectivity index (χ2v) is 4.63. The lowest BCUT2D eigenvalue weighted by Crippen LogP contribution is -2.08. The quantitative estimate of drug-likeness (QED) is 0.463. The molecule has 0 saturated carbocycles. The number of esters is 1. The first-order valence-electron chi connectivity index (χ1n) is 6.82. The van der Waals surface area contributed by atoms with E-state index in [-0.39, 0.29) is 11.7 Å². The molecule has 0 N–H and O–H groups in total. The summed E-state index contributed by atoms with van der Waals surface area (Å²) in [5.74, 6) is -0.362. The number of hydrogen-bond donors (Lipinski definition) is 0. The van der Waals surface area contributed by atoms with Crippen molar-refractivity contribution in [2.75, 3.05) is 6.61 Å². The van der Waals surface area contributed by atoms with Crippen LogP contribution >= 0.6 is 0 Å². The molecule has 0 fully saturated rings. The Kier molecular flexibility index (Phi) is 4.81. The highest BCUT2D eigenvalue weighted by Crippen LogP contribution is 2.14. The summed E-state index contributed by atoms with van der Waals surface area (Å²) in [6.07, 6.45) is 2.47. The smallest absolute Gasteiger partial charge is 0.338 e. The molecule has 1 aromatic carbocycles. The molecule has 0 aliphatic rings. The molecule has 21 heavy (non-hydrogen) atoms. The number of rotatable bonds is 6. The van der Waals surface area contributed by atoms with Crippen LogP contribution < -0.4 is 0 Å². The van der Waals surface area contributed by atoms with Gasteiger partial charge in [-0.25, -0.2) is 9.48 Å². The number of ether oxygens (including phenoxy) is 1. The number of hydrogen-bond acceptors (Lipinski definition) is 5. The van der Waals surface area contributed by atoms with Crippen LogP contribution in [0.5, 0.6) is 0 Å². The van der Waals surface area contributed by atoms with Gasteiger partial charge in [0, 0.05) is 0 Å². The third-order valence-electron chi connectivity index (χ3n) is 3.10. The first kappa shape index (κ1) is 14.9. The molecule has 6 nitrogen and oxygen atoms in total. The van der Waals surface area contributed by atoms with Crippen LogP contribution in [0.3, 0.4) is 0 Å². The average Bonchev–Trinajstić information content (AvgIpc) is 2.88. The zero-order valence-corrected chi connectivity index (χ0v) is 12.1. The van der Waals surface area contributed by atoms with Gasteiger partial charge in [-0.3, -0.25) is 4.79 Å². The molecule has 0 atom stereocenters. The van der Waals surface area contributed by atoms with Crippen molar-refractivity contribution < 1.29 is 14.3 Å². The third-order valence-corrected chi connectivity index (χ3v) is 3.10. The van der Waals surface area contributed by atoms with Crippen LogP contribution in [0, 0.1) is 6.92 Å².